The van der Waals surface area contributed by atoms with Crippen LogP contribution in [-0.4, -0.2) is 27.8 Å². The van der Waals surface area contributed by atoms with Crippen molar-refractivity contribution < 1.29 is 19.8 Å². The smallest absolute Gasteiger partial charge is 0.303 e. The molecule has 0 aliphatic heterocycles. The second-order valence-corrected chi connectivity index (χ2v) is 7.74. The summed E-state index contributed by atoms with van der Waals surface area (Å²) >= 11 is 0. The van der Waals surface area contributed by atoms with Gasteiger partial charge in [0.15, 0.2) is 5.72 Å². The SMILES string of the molecule is CCC(N)(O)C(N)=O.CCCCCCCCCCCCCCCCCC(=O)O. The molecule has 0 radical (unpaired) electrons. The van der Waals surface area contributed by atoms with Gasteiger partial charge in [0.2, 0.25) is 0 Å². The average molecular weight is 403 g/mol. The molecule has 0 saturated carbocycles. The number of aliphatic carboxylic acids is 1. The molecular formula is C22H46N2O4. The van der Waals surface area contributed by atoms with Gasteiger partial charge >= 0.3 is 5.97 Å². The Kier molecular flexibility index (Phi) is 21.4. The van der Waals surface area contributed by atoms with Crippen LogP contribution in [0.1, 0.15) is 123 Å². The zero-order chi connectivity index (χ0) is 21.7. The molecule has 0 fully saturated rings. The summed E-state index contributed by atoms with van der Waals surface area (Å²) in [4.78, 5) is 20.4. The summed E-state index contributed by atoms with van der Waals surface area (Å²) < 4.78 is 0. The van der Waals surface area contributed by atoms with Crippen molar-refractivity contribution in [2.75, 3.05) is 0 Å². The van der Waals surface area contributed by atoms with Gasteiger partial charge < -0.3 is 15.9 Å². The Balaban J connectivity index is 0. The first kappa shape index (κ1) is 29.1. The van der Waals surface area contributed by atoms with Crippen LogP contribution in [0.4, 0.5) is 0 Å². The molecule has 0 bridgehead atoms. The van der Waals surface area contributed by atoms with Crippen LogP contribution in [-0.2, 0) is 9.59 Å². The first-order valence-electron chi connectivity index (χ1n) is 11.3. The third kappa shape index (κ3) is 22.9. The second kappa shape index (κ2) is 20.6. The number of nitrogens with two attached hydrogens (primary N) is 2. The number of hydrogen-bond donors (Lipinski definition) is 4. The van der Waals surface area contributed by atoms with Gasteiger partial charge in [0.25, 0.3) is 5.91 Å². The van der Waals surface area contributed by atoms with Crippen LogP contribution in [0, 0.1) is 0 Å². The molecule has 1 unspecified atom stereocenters. The fourth-order valence-electron chi connectivity index (χ4n) is 2.82. The number of rotatable bonds is 18. The van der Waals surface area contributed by atoms with Gasteiger partial charge in [-0.15, -0.1) is 0 Å². The van der Waals surface area contributed by atoms with Crippen molar-refractivity contribution in [2.45, 2.75) is 129 Å². The van der Waals surface area contributed by atoms with Crippen molar-refractivity contribution in [1.29, 1.82) is 0 Å². The summed E-state index contributed by atoms with van der Waals surface area (Å²) in [6, 6.07) is 0. The number of carbonyl (C=O) groups excluding carboxylic acids is 1. The van der Waals surface area contributed by atoms with Crippen LogP contribution >= 0.6 is 0 Å². The van der Waals surface area contributed by atoms with Gasteiger partial charge in [0, 0.05) is 6.42 Å². The van der Waals surface area contributed by atoms with Crippen molar-refractivity contribution in [3.8, 4) is 0 Å². The molecule has 0 aromatic rings. The highest BCUT2D eigenvalue weighted by molar-refractivity contribution is 5.82. The normalized spacial score (nSPS) is 12.7. The van der Waals surface area contributed by atoms with E-state index in [0.717, 1.165) is 12.8 Å². The molecular weight excluding hydrogens is 356 g/mol. The molecule has 0 spiro atoms. The van der Waals surface area contributed by atoms with E-state index in [0.29, 0.717) is 6.42 Å². The highest BCUT2D eigenvalue weighted by Gasteiger charge is 2.24. The fourth-order valence-corrected chi connectivity index (χ4v) is 2.82. The predicted molar refractivity (Wildman–Crippen MR) is 116 cm³/mol. The molecule has 1 amide bonds. The van der Waals surface area contributed by atoms with Gasteiger partial charge in [-0.3, -0.25) is 15.3 Å². The monoisotopic (exact) mass is 402 g/mol. The first-order valence-corrected chi connectivity index (χ1v) is 11.3. The van der Waals surface area contributed by atoms with E-state index < -0.39 is 17.6 Å². The maximum absolute atomic E-state index is 10.3. The Morgan fingerprint density at radius 2 is 1.04 bits per heavy atom. The molecule has 28 heavy (non-hydrogen) atoms. The van der Waals surface area contributed by atoms with Crippen LogP contribution in [0.15, 0.2) is 0 Å². The maximum atomic E-state index is 10.3. The Morgan fingerprint density at radius 1 is 0.714 bits per heavy atom. The lowest BCUT2D eigenvalue weighted by Crippen LogP contribution is -2.51. The average Bonchev–Trinajstić information content (AvgIpc) is 2.65. The minimum atomic E-state index is -1.82. The van der Waals surface area contributed by atoms with E-state index in [9.17, 15) is 9.59 Å². The summed E-state index contributed by atoms with van der Waals surface area (Å²) in [7, 11) is 0. The summed E-state index contributed by atoms with van der Waals surface area (Å²) in [6.45, 7) is 3.84. The third-order valence-electron chi connectivity index (χ3n) is 4.96. The maximum Gasteiger partial charge on any atom is 0.303 e. The summed E-state index contributed by atoms with van der Waals surface area (Å²) in [5.74, 6) is -1.54. The molecule has 0 aromatic heterocycles. The van der Waals surface area contributed by atoms with Crippen LogP contribution in [0.25, 0.3) is 0 Å². The lowest BCUT2D eigenvalue weighted by atomic mass is 10.0. The molecule has 0 aliphatic carbocycles. The standard InChI is InChI=1S/C18H36O2.C4H10N2O2/c1-2-3-4-5-6-7-8-9-10-11-12-13-14-15-16-17-18(19)20;1-2-4(6,8)3(5)7/h2-17H2,1H3,(H,19,20);8H,2,6H2,1H3,(H2,5,7). The molecule has 6 nitrogen and oxygen atoms in total. The number of carbonyl (C=O) groups is 2. The van der Waals surface area contributed by atoms with Crippen molar-refractivity contribution >= 4 is 11.9 Å². The number of hydrogen-bond acceptors (Lipinski definition) is 4. The number of carboxylic acid groups (broad SMARTS) is 1. The van der Waals surface area contributed by atoms with E-state index in [1.54, 1.807) is 6.92 Å². The van der Waals surface area contributed by atoms with Crippen molar-refractivity contribution in [2.24, 2.45) is 11.5 Å². The van der Waals surface area contributed by atoms with Crippen LogP contribution in [0.3, 0.4) is 0 Å². The number of amides is 1. The van der Waals surface area contributed by atoms with Gasteiger partial charge in [-0.25, -0.2) is 0 Å². The van der Waals surface area contributed by atoms with E-state index >= 15 is 0 Å². The number of primary amides is 1. The van der Waals surface area contributed by atoms with Crippen molar-refractivity contribution in [3.63, 3.8) is 0 Å². The lowest BCUT2D eigenvalue weighted by molar-refractivity contribution is -0.137. The zero-order valence-electron chi connectivity index (χ0n) is 18.4. The van der Waals surface area contributed by atoms with Crippen LogP contribution < -0.4 is 11.5 Å². The minimum Gasteiger partial charge on any atom is -0.481 e. The van der Waals surface area contributed by atoms with Crippen LogP contribution in [0.2, 0.25) is 0 Å². The highest BCUT2D eigenvalue weighted by atomic mass is 16.4. The lowest BCUT2D eigenvalue weighted by Gasteiger charge is -2.14. The molecule has 6 N–H and O–H groups in total. The molecule has 0 aliphatic rings. The fraction of sp³-hybridized carbons (Fsp3) is 0.909. The third-order valence-corrected chi connectivity index (χ3v) is 4.96. The number of aliphatic hydroxyl groups is 1. The zero-order valence-corrected chi connectivity index (χ0v) is 18.4. The van der Waals surface area contributed by atoms with Gasteiger partial charge in [0.05, 0.1) is 0 Å². The number of carboxylic acids is 1. The summed E-state index contributed by atoms with van der Waals surface area (Å²) in [6.07, 6.45) is 20.3. The van der Waals surface area contributed by atoms with E-state index in [-0.39, 0.29) is 6.42 Å². The van der Waals surface area contributed by atoms with Gasteiger partial charge in [-0.2, -0.15) is 0 Å². The highest BCUT2D eigenvalue weighted by Crippen LogP contribution is 2.13. The summed E-state index contributed by atoms with van der Waals surface area (Å²) in [5.41, 5.74) is 7.79. The first-order chi connectivity index (χ1) is 13.3. The van der Waals surface area contributed by atoms with Gasteiger partial charge in [-0.05, 0) is 12.8 Å². The van der Waals surface area contributed by atoms with Crippen LogP contribution in [0.5, 0.6) is 0 Å². The summed E-state index contributed by atoms with van der Waals surface area (Å²) in [5, 5.41) is 17.2. The Labute approximate surface area is 172 Å². The van der Waals surface area contributed by atoms with Gasteiger partial charge in [-0.1, -0.05) is 104 Å². The topological polar surface area (TPSA) is 127 Å². The molecule has 168 valence electrons. The van der Waals surface area contributed by atoms with Crippen molar-refractivity contribution in [3.05, 3.63) is 0 Å². The second-order valence-electron chi connectivity index (χ2n) is 7.74. The molecule has 0 heterocycles. The quantitative estimate of drug-likeness (QED) is 0.192. The predicted octanol–water partition coefficient (Wildman–Crippen LogP) is 4.86. The Bertz CT molecular complexity index is 374. The van der Waals surface area contributed by atoms with E-state index in [4.69, 9.17) is 15.9 Å². The molecule has 1 atom stereocenters. The number of unbranched alkanes of at least 4 members (excludes halogenated alkanes) is 14. The van der Waals surface area contributed by atoms with Crippen molar-refractivity contribution in [1.82, 2.24) is 0 Å². The largest absolute Gasteiger partial charge is 0.481 e. The Hall–Kier alpha value is -1.14. The Morgan fingerprint density at radius 3 is 1.25 bits per heavy atom. The van der Waals surface area contributed by atoms with E-state index in [1.807, 2.05) is 0 Å². The minimum absolute atomic E-state index is 0.141. The van der Waals surface area contributed by atoms with E-state index in [2.05, 4.69) is 12.7 Å². The molecule has 6 heteroatoms. The molecule has 0 aromatic carbocycles. The van der Waals surface area contributed by atoms with E-state index in [1.165, 1.54) is 83.5 Å². The molecule has 0 saturated heterocycles. The van der Waals surface area contributed by atoms with Gasteiger partial charge in [0.1, 0.15) is 0 Å². The molecule has 0 rings (SSSR count).